The van der Waals surface area contributed by atoms with Gasteiger partial charge in [0, 0.05) is 5.88 Å². The van der Waals surface area contributed by atoms with Crippen LogP contribution in [0.3, 0.4) is 0 Å². The Morgan fingerprint density at radius 2 is 0.792 bits per heavy atom. The number of hydrogen-bond donors (Lipinski definition) is 0. The lowest BCUT2D eigenvalue weighted by molar-refractivity contribution is 0.551. The highest BCUT2D eigenvalue weighted by Crippen LogP contribution is 2.12. The van der Waals surface area contributed by atoms with E-state index in [0.29, 0.717) is 0 Å². The molecule has 0 bridgehead atoms. The molecule has 0 nitrogen and oxygen atoms in total. The maximum Gasteiger partial charge on any atom is 0.0223 e. The molecule has 24 heavy (non-hydrogen) atoms. The second-order valence-electron chi connectivity index (χ2n) is 7.39. The molecule has 0 aliphatic rings. The molecule has 0 rings (SSSR count). The third kappa shape index (κ3) is 22.0. The van der Waals surface area contributed by atoms with Crippen LogP contribution in [0.1, 0.15) is 129 Å². The summed E-state index contributed by atoms with van der Waals surface area (Å²) in [6.07, 6.45) is 31.3. The average Bonchev–Trinajstić information content (AvgIpc) is 2.60. The highest BCUT2D eigenvalue weighted by atomic mass is 35.5. The summed E-state index contributed by atoms with van der Waals surface area (Å²) in [4.78, 5) is 0. The monoisotopic (exact) mass is 356 g/mol. The van der Waals surface area contributed by atoms with E-state index >= 15 is 0 Å². The van der Waals surface area contributed by atoms with Gasteiger partial charge in [-0.05, 0) is 32.1 Å². The molecule has 0 atom stereocenters. The van der Waals surface area contributed by atoms with Crippen molar-refractivity contribution in [2.24, 2.45) is 0 Å². The number of rotatable bonds is 20. The maximum absolute atomic E-state index is 5.68. The van der Waals surface area contributed by atoms with E-state index in [1.807, 2.05) is 0 Å². The van der Waals surface area contributed by atoms with Gasteiger partial charge in [0.2, 0.25) is 0 Å². The van der Waals surface area contributed by atoms with Crippen LogP contribution in [0.4, 0.5) is 0 Å². The first-order chi connectivity index (χ1) is 11.9. The zero-order valence-electron chi connectivity index (χ0n) is 16.7. The molecule has 0 saturated carbocycles. The zero-order chi connectivity index (χ0) is 17.6. The van der Waals surface area contributed by atoms with E-state index < -0.39 is 0 Å². The van der Waals surface area contributed by atoms with Gasteiger partial charge >= 0.3 is 0 Å². The lowest BCUT2D eigenvalue weighted by atomic mass is 10.0. The summed E-state index contributed by atoms with van der Waals surface area (Å²) in [5.41, 5.74) is 0. The Labute approximate surface area is 158 Å². The van der Waals surface area contributed by atoms with E-state index in [-0.39, 0.29) is 0 Å². The summed E-state index contributed by atoms with van der Waals surface area (Å²) in [6, 6.07) is 0. The smallest absolute Gasteiger partial charge is 0.0223 e. The van der Waals surface area contributed by atoms with Gasteiger partial charge in [-0.25, -0.2) is 0 Å². The van der Waals surface area contributed by atoms with Gasteiger partial charge in [-0.15, -0.1) is 11.6 Å². The minimum Gasteiger partial charge on any atom is -0.127 e. The maximum atomic E-state index is 5.68. The second-order valence-corrected chi connectivity index (χ2v) is 7.77. The summed E-state index contributed by atoms with van der Waals surface area (Å²) in [6.45, 7) is 2.29. The van der Waals surface area contributed by atoms with Crippen molar-refractivity contribution >= 4 is 11.6 Å². The summed E-state index contributed by atoms with van der Waals surface area (Å²) in [5, 5.41) is 0. The van der Waals surface area contributed by atoms with Crippen LogP contribution in [0.5, 0.6) is 0 Å². The SMILES string of the molecule is CCCCCCCC/C=C\CCCCCCCCCCCCCCl. The molecule has 1 heteroatoms. The lowest BCUT2D eigenvalue weighted by Gasteiger charge is -2.02. The third-order valence-corrected chi connectivity index (χ3v) is 5.16. The van der Waals surface area contributed by atoms with Crippen LogP contribution in [0, 0.1) is 0 Å². The van der Waals surface area contributed by atoms with Gasteiger partial charge in [-0.1, -0.05) is 109 Å². The molecule has 0 saturated heterocycles. The Morgan fingerprint density at radius 3 is 1.17 bits per heavy atom. The molecule has 0 aromatic heterocycles. The van der Waals surface area contributed by atoms with Gasteiger partial charge in [0.15, 0.2) is 0 Å². The van der Waals surface area contributed by atoms with Gasteiger partial charge in [0.05, 0.1) is 0 Å². The van der Waals surface area contributed by atoms with Crippen LogP contribution in [-0.4, -0.2) is 5.88 Å². The van der Waals surface area contributed by atoms with E-state index in [9.17, 15) is 0 Å². The number of unbranched alkanes of at least 4 members (excludes halogenated alkanes) is 17. The second kappa shape index (κ2) is 23.0. The predicted molar refractivity (Wildman–Crippen MR) is 113 cm³/mol. The quantitative estimate of drug-likeness (QED) is 0.116. The van der Waals surface area contributed by atoms with Gasteiger partial charge < -0.3 is 0 Å². The van der Waals surface area contributed by atoms with E-state index in [4.69, 9.17) is 11.6 Å². The number of allylic oxidation sites excluding steroid dienone is 2. The summed E-state index contributed by atoms with van der Waals surface area (Å²) < 4.78 is 0. The lowest BCUT2D eigenvalue weighted by Crippen LogP contribution is -1.83. The topological polar surface area (TPSA) is 0 Å². The van der Waals surface area contributed by atoms with Crippen molar-refractivity contribution in [3.63, 3.8) is 0 Å². The van der Waals surface area contributed by atoms with Gasteiger partial charge in [-0.3, -0.25) is 0 Å². The highest BCUT2D eigenvalue weighted by Gasteiger charge is 1.93. The Morgan fingerprint density at radius 1 is 0.458 bits per heavy atom. The molecule has 0 fully saturated rings. The van der Waals surface area contributed by atoms with Crippen LogP contribution in [0.2, 0.25) is 0 Å². The van der Waals surface area contributed by atoms with E-state index in [0.717, 1.165) is 5.88 Å². The molecule has 0 aromatic rings. The first-order valence-electron chi connectivity index (χ1n) is 11.1. The molecule has 0 radical (unpaired) electrons. The Kier molecular flexibility index (Phi) is 23.1. The molecule has 0 spiro atoms. The summed E-state index contributed by atoms with van der Waals surface area (Å²) in [7, 11) is 0. The largest absolute Gasteiger partial charge is 0.127 e. The molecular formula is C23H45Cl. The molecule has 0 N–H and O–H groups in total. The standard InChI is InChI=1S/C23H45Cl/c1-2-3-4-5-6-7-8-9-10-11-12-13-14-15-16-17-18-19-20-21-22-23-24/h9-10H,2-8,11-23H2,1H3/b10-9-. The van der Waals surface area contributed by atoms with Crippen molar-refractivity contribution in [1.82, 2.24) is 0 Å². The molecule has 144 valence electrons. The highest BCUT2D eigenvalue weighted by molar-refractivity contribution is 6.17. The van der Waals surface area contributed by atoms with Gasteiger partial charge in [-0.2, -0.15) is 0 Å². The first kappa shape index (κ1) is 24.0. The molecule has 0 aliphatic carbocycles. The zero-order valence-corrected chi connectivity index (χ0v) is 17.4. The normalized spacial score (nSPS) is 11.6. The Hall–Kier alpha value is 0.0300. The minimum absolute atomic E-state index is 0.842. The van der Waals surface area contributed by atoms with E-state index in [1.54, 1.807) is 0 Å². The molecular weight excluding hydrogens is 312 g/mol. The van der Waals surface area contributed by atoms with Crippen molar-refractivity contribution < 1.29 is 0 Å². The van der Waals surface area contributed by atoms with Crippen LogP contribution < -0.4 is 0 Å². The Balaban J connectivity index is 3.03. The van der Waals surface area contributed by atoms with Crippen molar-refractivity contribution in [1.29, 1.82) is 0 Å². The fraction of sp³-hybridized carbons (Fsp3) is 0.913. The molecule has 0 aromatic carbocycles. The fourth-order valence-corrected chi connectivity index (χ4v) is 3.41. The van der Waals surface area contributed by atoms with Crippen LogP contribution in [0.25, 0.3) is 0 Å². The molecule has 0 aliphatic heterocycles. The van der Waals surface area contributed by atoms with Crippen molar-refractivity contribution in [2.75, 3.05) is 5.88 Å². The number of halogens is 1. The molecule has 0 heterocycles. The minimum atomic E-state index is 0.842. The van der Waals surface area contributed by atoms with E-state index in [2.05, 4.69) is 19.1 Å². The van der Waals surface area contributed by atoms with Crippen molar-refractivity contribution in [2.45, 2.75) is 129 Å². The molecule has 0 unspecified atom stereocenters. The fourth-order valence-electron chi connectivity index (χ4n) is 3.23. The number of hydrogen-bond acceptors (Lipinski definition) is 0. The Bertz CT molecular complexity index is 234. The number of alkyl halides is 1. The van der Waals surface area contributed by atoms with Crippen molar-refractivity contribution in [3.8, 4) is 0 Å². The summed E-state index contributed by atoms with van der Waals surface area (Å²) >= 11 is 5.68. The van der Waals surface area contributed by atoms with Crippen LogP contribution >= 0.6 is 11.6 Å². The summed E-state index contributed by atoms with van der Waals surface area (Å²) in [5.74, 6) is 0.842. The van der Waals surface area contributed by atoms with Gasteiger partial charge in [0.25, 0.3) is 0 Å². The third-order valence-electron chi connectivity index (χ3n) is 4.90. The van der Waals surface area contributed by atoms with Crippen LogP contribution in [0.15, 0.2) is 12.2 Å². The average molecular weight is 357 g/mol. The predicted octanol–water partition coefficient (Wildman–Crippen LogP) is 9.21. The molecule has 0 amide bonds. The first-order valence-corrected chi connectivity index (χ1v) is 11.7. The van der Waals surface area contributed by atoms with Gasteiger partial charge in [0.1, 0.15) is 0 Å². The van der Waals surface area contributed by atoms with Crippen LogP contribution in [-0.2, 0) is 0 Å². The van der Waals surface area contributed by atoms with Crippen molar-refractivity contribution in [3.05, 3.63) is 12.2 Å². The van der Waals surface area contributed by atoms with E-state index in [1.165, 1.54) is 122 Å².